The summed E-state index contributed by atoms with van der Waals surface area (Å²) < 4.78 is 9.50. The number of methoxy groups -OCH3 is 2. The summed E-state index contributed by atoms with van der Waals surface area (Å²) in [6.07, 6.45) is 3.86. The third-order valence-electron chi connectivity index (χ3n) is 4.38. The van der Waals surface area contributed by atoms with Gasteiger partial charge in [-0.3, -0.25) is 9.59 Å². The van der Waals surface area contributed by atoms with Crippen molar-refractivity contribution in [2.75, 3.05) is 14.2 Å². The first-order valence-electron chi connectivity index (χ1n) is 7.04. The van der Waals surface area contributed by atoms with E-state index in [2.05, 4.69) is 4.74 Å². The Labute approximate surface area is 118 Å². The number of nitrogens with zero attached hydrogens (tertiary/aromatic N) is 1. The molecule has 0 aromatic rings. The summed E-state index contributed by atoms with van der Waals surface area (Å²) in [5.41, 5.74) is 0. The molecule has 20 heavy (non-hydrogen) atoms. The molecule has 0 bridgehead atoms. The molecule has 0 unspecified atom stereocenters. The summed E-state index contributed by atoms with van der Waals surface area (Å²) in [5, 5.41) is 0. The van der Waals surface area contributed by atoms with Crippen LogP contribution in [0.5, 0.6) is 0 Å². The Morgan fingerprint density at radius 1 is 1.20 bits per heavy atom. The van der Waals surface area contributed by atoms with Crippen molar-refractivity contribution in [3.8, 4) is 0 Å². The van der Waals surface area contributed by atoms with Crippen LogP contribution < -0.4 is 0 Å². The van der Waals surface area contributed by atoms with Gasteiger partial charge in [-0.2, -0.15) is 0 Å². The van der Waals surface area contributed by atoms with E-state index >= 15 is 0 Å². The molecule has 2 saturated heterocycles. The fourth-order valence-corrected chi connectivity index (χ4v) is 3.35. The standard InChI is InChI=1S/C14H21NO5/c1-19-12(17)8-4-9-3-5-10-6-7-11(16)15(10)13(9)14(18)20-2/h9-10,13H,3-8H2,1-2H3/t9-,10+,13+/m1/s1. The van der Waals surface area contributed by atoms with Crippen LogP contribution in [0, 0.1) is 5.92 Å². The average molecular weight is 283 g/mol. The van der Waals surface area contributed by atoms with Gasteiger partial charge in [0, 0.05) is 18.9 Å². The van der Waals surface area contributed by atoms with Crippen LogP contribution in [-0.2, 0) is 23.9 Å². The van der Waals surface area contributed by atoms with Crippen LogP contribution in [-0.4, -0.2) is 49.0 Å². The van der Waals surface area contributed by atoms with Crippen molar-refractivity contribution in [2.45, 2.75) is 50.6 Å². The molecular formula is C14H21NO5. The van der Waals surface area contributed by atoms with Crippen LogP contribution in [0.15, 0.2) is 0 Å². The highest BCUT2D eigenvalue weighted by Crippen LogP contribution is 2.37. The van der Waals surface area contributed by atoms with Gasteiger partial charge < -0.3 is 14.4 Å². The average Bonchev–Trinajstić information content (AvgIpc) is 2.85. The summed E-state index contributed by atoms with van der Waals surface area (Å²) in [6.45, 7) is 0. The molecule has 3 atom stereocenters. The SMILES string of the molecule is COC(=O)CC[C@H]1CC[C@H]2CCC(=O)N2[C@@H]1C(=O)OC. The van der Waals surface area contributed by atoms with E-state index in [9.17, 15) is 14.4 Å². The van der Waals surface area contributed by atoms with Gasteiger partial charge in [0.25, 0.3) is 0 Å². The molecule has 1 amide bonds. The van der Waals surface area contributed by atoms with E-state index in [0.717, 1.165) is 19.3 Å². The molecule has 6 heteroatoms. The second-order valence-corrected chi connectivity index (χ2v) is 5.41. The Balaban J connectivity index is 2.11. The zero-order valence-corrected chi connectivity index (χ0v) is 12.0. The number of rotatable bonds is 4. The number of carbonyl (C=O) groups is 3. The van der Waals surface area contributed by atoms with Gasteiger partial charge in [-0.1, -0.05) is 0 Å². The lowest BCUT2D eigenvalue weighted by molar-refractivity contribution is -0.158. The third-order valence-corrected chi connectivity index (χ3v) is 4.38. The number of carbonyl (C=O) groups excluding carboxylic acids is 3. The molecule has 0 aromatic heterocycles. The molecule has 0 saturated carbocycles. The lowest BCUT2D eigenvalue weighted by Gasteiger charge is -2.41. The number of piperidine rings is 1. The molecule has 2 fully saturated rings. The lowest BCUT2D eigenvalue weighted by atomic mass is 9.83. The maximum Gasteiger partial charge on any atom is 0.328 e. The van der Waals surface area contributed by atoms with Gasteiger partial charge in [0.05, 0.1) is 14.2 Å². The van der Waals surface area contributed by atoms with E-state index in [-0.39, 0.29) is 36.2 Å². The molecule has 0 spiro atoms. The van der Waals surface area contributed by atoms with Crippen molar-refractivity contribution in [2.24, 2.45) is 5.92 Å². The minimum Gasteiger partial charge on any atom is -0.469 e. The van der Waals surface area contributed by atoms with E-state index in [1.807, 2.05) is 0 Å². The molecule has 2 aliphatic heterocycles. The molecular weight excluding hydrogens is 262 g/mol. The number of amides is 1. The highest BCUT2D eigenvalue weighted by atomic mass is 16.5. The van der Waals surface area contributed by atoms with Gasteiger partial charge in [-0.15, -0.1) is 0 Å². The molecule has 112 valence electrons. The molecule has 2 aliphatic rings. The molecule has 2 heterocycles. The highest BCUT2D eigenvalue weighted by Gasteiger charge is 2.47. The van der Waals surface area contributed by atoms with Crippen LogP contribution in [0.3, 0.4) is 0 Å². The summed E-state index contributed by atoms with van der Waals surface area (Å²) in [4.78, 5) is 37.0. The molecule has 0 radical (unpaired) electrons. The first-order valence-corrected chi connectivity index (χ1v) is 7.04. The van der Waals surface area contributed by atoms with Crippen molar-refractivity contribution in [1.29, 1.82) is 0 Å². The Morgan fingerprint density at radius 2 is 1.95 bits per heavy atom. The Kier molecular flexibility index (Phi) is 4.62. The molecule has 0 aromatic carbocycles. The van der Waals surface area contributed by atoms with Gasteiger partial charge in [-0.05, 0) is 31.6 Å². The van der Waals surface area contributed by atoms with E-state index < -0.39 is 6.04 Å². The summed E-state index contributed by atoms with van der Waals surface area (Å²) in [7, 11) is 2.69. The van der Waals surface area contributed by atoms with Crippen molar-refractivity contribution in [1.82, 2.24) is 4.90 Å². The Hall–Kier alpha value is -1.59. The topological polar surface area (TPSA) is 72.9 Å². The molecule has 0 aliphatic carbocycles. The second-order valence-electron chi connectivity index (χ2n) is 5.41. The van der Waals surface area contributed by atoms with Crippen molar-refractivity contribution in [3.63, 3.8) is 0 Å². The smallest absolute Gasteiger partial charge is 0.328 e. The van der Waals surface area contributed by atoms with Crippen LogP contribution in [0.4, 0.5) is 0 Å². The van der Waals surface area contributed by atoms with E-state index in [4.69, 9.17) is 4.74 Å². The van der Waals surface area contributed by atoms with Crippen LogP contribution in [0.1, 0.15) is 38.5 Å². The molecule has 0 N–H and O–H groups in total. The monoisotopic (exact) mass is 283 g/mol. The van der Waals surface area contributed by atoms with Crippen molar-refractivity contribution >= 4 is 17.8 Å². The van der Waals surface area contributed by atoms with Crippen LogP contribution in [0.25, 0.3) is 0 Å². The molecule has 6 nitrogen and oxygen atoms in total. The Bertz CT molecular complexity index is 408. The predicted octanol–water partition coefficient (Wildman–Crippen LogP) is 0.882. The summed E-state index contributed by atoms with van der Waals surface area (Å²) in [5.74, 6) is -0.670. The Morgan fingerprint density at radius 3 is 2.60 bits per heavy atom. The predicted molar refractivity (Wildman–Crippen MR) is 69.6 cm³/mol. The van der Waals surface area contributed by atoms with Gasteiger partial charge >= 0.3 is 11.9 Å². The fraction of sp³-hybridized carbons (Fsp3) is 0.786. The quantitative estimate of drug-likeness (QED) is 0.716. The largest absolute Gasteiger partial charge is 0.469 e. The fourth-order valence-electron chi connectivity index (χ4n) is 3.35. The number of hydrogen-bond acceptors (Lipinski definition) is 5. The van der Waals surface area contributed by atoms with Gasteiger partial charge in [-0.25, -0.2) is 4.79 Å². The van der Waals surface area contributed by atoms with Gasteiger partial charge in [0.1, 0.15) is 6.04 Å². The zero-order chi connectivity index (χ0) is 14.7. The first-order chi connectivity index (χ1) is 9.58. The van der Waals surface area contributed by atoms with Crippen molar-refractivity contribution in [3.05, 3.63) is 0 Å². The number of hydrogen-bond donors (Lipinski definition) is 0. The number of esters is 2. The third kappa shape index (κ3) is 2.78. The van der Waals surface area contributed by atoms with Crippen molar-refractivity contribution < 1.29 is 23.9 Å². The maximum atomic E-state index is 12.0. The number of ether oxygens (including phenoxy) is 2. The van der Waals surface area contributed by atoms with Crippen LogP contribution >= 0.6 is 0 Å². The summed E-state index contributed by atoms with van der Waals surface area (Å²) >= 11 is 0. The second kappa shape index (κ2) is 6.24. The zero-order valence-electron chi connectivity index (χ0n) is 12.0. The number of fused-ring (bicyclic) bond motifs is 1. The van der Waals surface area contributed by atoms with Crippen LogP contribution in [0.2, 0.25) is 0 Å². The van der Waals surface area contributed by atoms with E-state index in [0.29, 0.717) is 12.8 Å². The lowest BCUT2D eigenvalue weighted by Crippen LogP contribution is -2.54. The minimum absolute atomic E-state index is 0.0215. The first kappa shape index (κ1) is 14.8. The highest BCUT2D eigenvalue weighted by molar-refractivity contribution is 5.86. The normalized spacial score (nSPS) is 29.0. The minimum atomic E-state index is -0.543. The van der Waals surface area contributed by atoms with Gasteiger partial charge in [0.15, 0.2) is 0 Å². The molecule has 2 rings (SSSR count). The van der Waals surface area contributed by atoms with Gasteiger partial charge in [0.2, 0.25) is 5.91 Å². The van der Waals surface area contributed by atoms with E-state index in [1.165, 1.54) is 14.2 Å². The maximum absolute atomic E-state index is 12.0. The summed E-state index contributed by atoms with van der Waals surface area (Å²) in [6, 6.07) is -0.389. The van der Waals surface area contributed by atoms with E-state index in [1.54, 1.807) is 4.90 Å².